The van der Waals surface area contributed by atoms with Gasteiger partial charge in [-0.25, -0.2) is 0 Å². The van der Waals surface area contributed by atoms with Crippen LogP contribution in [0.4, 0.5) is 0 Å². The van der Waals surface area contributed by atoms with Crippen molar-refractivity contribution < 1.29 is 4.74 Å². The Labute approximate surface area is 130 Å². The molecule has 1 aromatic heterocycles. The zero-order valence-electron chi connectivity index (χ0n) is 13.2. The van der Waals surface area contributed by atoms with Gasteiger partial charge in [-0.3, -0.25) is 16.0 Å². The number of nitrogens with zero attached hydrogens (tertiary/aromatic N) is 2. The normalized spacial score (nSPS) is 13.8. The van der Waals surface area contributed by atoms with Gasteiger partial charge in [0.15, 0.2) is 0 Å². The molecule has 0 aliphatic rings. The lowest BCUT2D eigenvalue weighted by Gasteiger charge is -2.33. The number of hydrogen-bond acceptors (Lipinski definition) is 4. The average molecular weight is 347 g/mol. The lowest BCUT2D eigenvalue weighted by Crippen LogP contribution is -2.53. The van der Waals surface area contributed by atoms with Crippen molar-refractivity contribution in [1.29, 1.82) is 0 Å². The molecule has 1 rings (SSSR count). The van der Waals surface area contributed by atoms with Gasteiger partial charge in [-0.15, -0.1) is 0 Å². The van der Waals surface area contributed by atoms with E-state index in [1.165, 1.54) is 5.69 Å². The standard InChI is InChI=1S/C14H27BrN4O/c1-6-10-13(15)11(19(7-2)18-10)9-12(17-16)14(4,5)20-8-3/h12,17H,6-9,16H2,1-5H3. The summed E-state index contributed by atoms with van der Waals surface area (Å²) in [6.45, 7) is 11.8. The van der Waals surface area contributed by atoms with Gasteiger partial charge in [0.05, 0.1) is 27.5 Å². The summed E-state index contributed by atoms with van der Waals surface area (Å²) >= 11 is 3.67. The summed E-state index contributed by atoms with van der Waals surface area (Å²) in [5.74, 6) is 5.74. The first-order chi connectivity index (χ1) is 9.41. The van der Waals surface area contributed by atoms with Crippen molar-refractivity contribution in [3.05, 3.63) is 15.9 Å². The molecule has 1 heterocycles. The Hall–Kier alpha value is -0.430. The van der Waals surface area contributed by atoms with Crippen LogP contribution in [0.15, 0.2) is 4.47 Å². The van der Waals surface area contributed by atoms with Gasteiger partial charge in [0, 0.05) is 19.6 Å². The first-order valence-corrected chi connectivity index (χ1v) is 8.04. The van der Waals surface area contributed by atoms with E-state index in [2.05, 4.69) is 54.1 Å². The number of nitrogens with two attached hydrogens (primary N) is 1. The third-order valence-corrected chi connectivity index (χ3v) is 4.56. The largest absolute Gasteiger partial charge is 0.374 e. The van der Waals surface area contributed by atoms with E-state index in [1.54, 1.807) is 0 Å². The Balaban J connectivity index is 3.03. The minimum absolute atomic E-state index is 0.0189. The average Bonchev–Trinajstić information content (AvgIpc) is 2.71. The zero-order chi connectivity index (χ0) is 15.3. The van der Waals surface area contributed by atoms with Gasteiger partial charge in [-0.05, 0) is 50.0 Å². The molecule has 0 saturated carbocycles. The molecular formula is C14H27BrN4O. The van der Waals surface area contributed by atoms with Crippen LogP contribution in [-0.4, -0.2) is 28.0 Å². The molecule has 116 valence electrons. The molecule has 1 aromatic rings. The van der Waals surface area contributed by atoms with E-state index in [-0.39, 0.29) is 11.6 Å². The molecule has 0 saturated heterocycles. The zero-order valence-corrected chi connectivity index (χ0v) is 14.7. The molecular weight excluding hydrogens is 320 g/mol. The van der Waals surface area contributed by atoms with Crippen molar-refractivity contribution in [2.75, 3.05) is 6.61 Å². The Morgan fingerprint density at radius 3 is 2.50 bits per heavy atom. The van der Waals surface area contributed by atoms with Crippen molar-refractivity contribution >= 4 is 15.9 Å². The van der Waals surface area contributed by atoms with E-state index in [0.717, 1.165) is 29.6 Å². The quantitative estimate of drug-likeness (QED) is 0.560. The maximum absolute atomic E-state index is 5.81. The van der Waals surface area contributed by atoms with Crippen LogP contribution in [0.2, 0.25) is 0 Å². The number of aromatic nitrogens is 2. The highest BCUT2D eigenvalue weighted by Crippen LogP contribution is 2.26. The predicted molar refractivity (Wildman–Crippen MR) is 85.5 cm³/mol. The molecule has 0 aliphatic carbocycles. The fourth-order valence-electron chi connectivity index (χ4n) is 2.38. The van der Waals surface area contributed by atoms with E-state index in [1.807, 2.05) is 11.6 Å². The highest BCUT2D eigenvalue weighted by molar-refractivity contribution is 9.10. The first-order valence-electron chi connectivity index (χ1n) is 7.25. The van der Waals surface area contributed by atoms with Crippen LogP contribution in [0.1, 0.15) is 46.0 Å². The van der Waals surface area contributed by atoms with Crippen LogP contribution in [0.25, 0.3) is 0 Å². The predicted octanol–water partition coefficient (Wildman–Crippen LogP) is 2.42. The molecule has 20 heavy (non-hydrogen) atoms. The molecule has 1 unspecified atom stereocenters. The Kier molecular flexibility index (Phi) is 6.64. The smallest absolute Gasteiger partial charge is 0.0795 e. The third kappa shape index (κ3) is 3.81. The van der Waals surface area contributed by atoms with E-state index < -0.39 is 0 Å². The SMILES string of the molecule is CCOC(C)(C)C(Cc1c(Br)c(CC)nn1CC)NN. The Morgan fingerprint density at radius 1 is 1.40 bits per heavy atom. The van der Waals surface area contributed by atoms with Gasteiger partial charge in [0.25, 0.3) is 0 Å². The maximum Gasteiger partial charge on any atom is 0.0795 e. The second kappa shape index (κ2) is 7.54. The van der Waals surface area contributed by atoms with Crippen molar-refractivity contribution in [3.8, 4) is 0 Å². The second-order valence-electron chi connectivity index (χ2n) is 5.34. The third-order valence-electron chi connectivity index (χ3n) is 3.65. The monoisotopic (exact) mass is 346 g/mol. The number of nitrogens with one attached hydrogen (secondary N) is 1. The van der Waals surface area contributed by atoms with Crippen molar-refractivity contribution in [2.45, 2.75) is 65.6 Å². The van der Waals surface area contributed by atoms with Crippen LogP contribution in [0.3, 0.4) is 0 Å². The number of aryl methyl sites for hydroxylation is 2. The molecule has 3 N–H and O–H groups in total. The van der Waals surface area contributed by atoms with E-state index in [4.69, 9.17) is 10.6 Å². The van der Waals surface area contributed by atoms with Gasteiger partial charge < -0.3 is 4.74 Å². The molecule has 6 heteroatoms. The van der Waals surface area contributed by atoms with Gasteiger partial charge in [-0.2, -0.15) is 5.10 Å². The lowest BCUT2D eigenvalue weighted by atomic mass is 9.94. The number of rotatable bonds is 8. The highest BCUT2D eigenvalue weighted by atomic mass is 79.9. The van der Waals surface area contributed by atoms with Gasteiger partial charge in [0.1, 0.15) is 0 Å². The molecule has 1 atom stereocenters. The van der Waals surface area contributed by atoms with Crippen LogP contribution in [0, 0.1) is 0 Å². The number of hydrazine groups is 1. The van der Waals surface area contributed by atoms with Gasteiger partial charge in [0.2, 0.25) is 0 Å². The summed E-state index contributed by atoms with van der Waals surface area (Å²) in [7, 11) is 0. The fourth-order valence-corrected chi connectivity index (χ4v) is 3.11. The molecule has 0 spiro atoms. The van der Waals surface area contributed by atoms with Gasteiger partial charge in [-0.1, -0.05) is 6.92 Å². The first kappa shape index (κ1) is 17.6. The molecule has 0 aromatic carbocycles. The number of hydrogen-bond donors (Lipinski definition) is 2. The Morgan fingerprint density at radius 2 is 2.05 bits per heavy atom. The van der Waals surface area contributed by atoms with Crippen molar-refractivity contribution in [3.63, 3.8) is 0 Å². The second-order valence-corrected chi connectivity index (χ2v) is 6.13. The molecule has 0 fully saturated rings. The van der Waals surface area contributed by atoms with Gasteiger partial charge >= 0.3 is 0 Å². The molecule has 0 bridgehead atoms. The van der Waals surface area contributed by atoms with Crippen molar-refractivity contribution in [1.82, 2.24) is 15.2 Å². The highest BCUT2D eigenvalue weighted by Gasteiger charge is 2.31. The van der Waals surface area contributed by atoms with Crippen LogP contribution in [0.5, 0.6) is 0 Å². The summed E-state index contributed by atoms with van der Waals surface area (Å²) in [5.41, 5.74) is 4.82. The van der Waals surface area contributed by atoms with E-state index >= 15 is 0 Å². The molecule has 5 nitrogen and oxygen atoms in total. The topological polar surface area (TPSA) is 65.1 Å². The number of halogens is 1. The van der Waals surface area contributed by atoms with Crippen LogP contribution >= 0.6 is 15.9 Å². The number of ether oxygens (including phenoxy) is 1. The molecule has 0 amide bonds. The minimum atomic E-state index is -0.335. The minimum Gasteiger partial charge on any atom is -0.374 e. The maximum atomic E-state index is 5.81. The van der Waals surface area contributed by atoms with Crippen molar-refractivity contribution in [2.24, 2.45) is 5.84 Å². The summed E-state index contributed by atoms with van der Waals surface area (Å²) < 4.78 is 8.94. The lowest BCUT2D eigenvalue weighted by molar-refractivity contribution is -0.0385. The molecule has 0 radical (unpaired) electrons. The van der Waals surface area contributed by atoms with E-state index in [9.17, 15) is 0 Å². The van der Waals surface area contributed by atoms with Crippen LogP contribution in [-0.2, 0) is 24.1 Å². The summed E-state index contributed by atoms with van der Waals surface area (Å²) in [6.07, 6.45) is 1.68. The Bertz CT molecular complexity index is 431. The molecule has 0 aliphatic heterocycles. The summed E-state index contributed by atoms with van der Waals surface area (Å²) in [6, 6.07) is 0.0189. The van der Waals surface area contributed by atoms with E-state index in [0.29, 0.717) is 6.61 Å². The van der Waals surface area contributed by atoms with Crippen LogP contribution < -0.4 is 11.3 Å². The summed E-state index contributed by atoms with van der Waals surface area (Å²) in [4.78, 5) is 0. The summed E-state index contributed by atoms with van der Waals surface area (Å²) in [5, 5.41) is 4.62. The fraction of sp³-hybridized carbons (Fsp3) is 0.786.